The zero-order valence-corrected chi connectivity index (χ0v) is 51.3. The lowest BCUT2D eigenvalue weighted by atomic mass is 10.0. The van der Waals surface area contributed by atoms with Crippen LogP contribution in [0.2, 0.25) is 0 Å². The van der Waals surface area contributed by atoms with Crippen molar-refractivity contribution < 1.29 is 24.5 Å². The molecule has 0 heterocycles. The summed E-state index contributed by atoms with van der Waals surface area (Å²) in [6.07, 6.45) is 83.3. The molecular formula is C70H133NO5. The van der Waals surface area contributed by atoms with Crippen molar-refractivity contribution in [1.29, 1.82) is 0 Å². The Bertz CT molecular complexity index is 1230. The Kier molecular flexibility index (Phi) is 63.9. The molecule has 0 radical (unpaired) electrons. The van der Waals surface area contributed by atoms with Crippen LogP contribution in [0, 0.1) is 0 Å². The molecule has 0 aromatic rings. The Balaban J connectivity index is 3.45. The van der Waals surface area contributed by atoms with Crippen LogP contribution in [0.4, 0.5) is 0 Å². The van der Waals surface area contributed by atoms with Crippen molar-refractivity contribution in [2.45, 2.75) is 386 Å². The maximum absolute atomic E-state index is 12.5. The topological polar surface area (TPSA) is 95.9 Å². The first-order valence-corrected chi connectivity index (χ1v) is 34.2. The largest absolute Gasteiger partial charge is 0.465 e. The highest BCUT2D eigenvalue weighted by molar-refractivity contribution is 5.76. The summed E-state index contributed by atoms with van der Waals surface area (Å²) in [5.74, 6) is -0.0785. The number of hydrogen-bond donors (Lipinski definition) is 3. The highest BCUT2D eigenvalue weighted by Gasteiger charge is 2.20. The third-order valence-corrected chi connectivity index (χ3v) is 15.9. The quantitative estimate of drug-likeness (QED) is 0.0320. The van der Waals surface area contributed by atoms with Crippen LogP contribution >= 0.6 is 0 Å². The number of esters is 1. The van der Waals surface area contributed by atoms with Crippen molar-refractivity contribution in [3.63, 3.8) is 0 Å². The molecule has 1 amide bonds. The van der Waals surface area contributed by atoms with E-state index in [1.165, 1.54) is 289 Å². The van der Waals surface area contributed by atoms with Crippen molar-refractivity contribution in [1.82, 2.24) is 5.32 Å². The van der Waals surface area contributed by atoms with Crippen LogP contribution in [0.3, 0.4) is 0 Å². The average Bonchev–Trinajstić information content (AvgIpc) is 3.42. The summed E-state index contributed by atoms with van der Waals surface area (Å²) in [4.78, 5) is 24.6. The van der Waals surface area contributed by atoms with Gasteiger partial charge in [0.05, 0.1) is 25.4 Å². The van der Waals surface area contributed by atoms with Gasteiger partial charge in [-0.2, -0.15) is 0 Å². The molecule has 3 N–H and O–H groups in total. The monoisotopic (exact) mass is 1070 g/mol. The van der Waals surface area contributed by atoms with Gasteiger partial charge in [-0.1, -0.05) is 326 Å². The molecule has 2 atom stereocenters. The maximum atomic E-state index is 12.5. The van der Waals surface area contributed by atoms with Crippen LogP contribution in [-0.2, 0) is 14.3 Å². The third-order valence-electron chi connectivity index (χ3n) is 15.9. The number of allylic oxidation sites excluding steroid dienone is 5. The lowest BCUT2D eigenvalue weighted by Crippen LogP contribution is -2.45. The van der Waals surface area contributed by atoms with E-state index in [2.05, 4.69) is 55.6 Å². The van der Waals surface area contributed by atoms with Crippen LogP contribution in [0.25, 0.3) is 0 Å². The SMILES string of the molecule is CCCCCCCC/C=C\CCCCCCCC(=O)OCC/C=C\C/C=C\CCCCCCCCCCCCCCCCC(=O)NC(CO)C(O)CCCCCCCCCCCCCCCCCCCCCCCCC. The van der Waals surface area contributed by atoms with Gasteiger partial charge in [0, 0.05) is 12.8 Å². The predicted molar refractivity (Wildman–Crippen MR) is 333 cm³/mol. The number of carbonyl (C=O) groups is 2. The summed E-state index contributed by atoms with van der Waals surface area (Å²) in [7, 11) is 0. The van der Waals surface area contributed by atoms with Gasteiger partial charge in [-0.05, 0) is 70.6 Å². The molecule has 0 aromatic heterocycles. The van der Waals surface area contributed by atoms with E-state index in [0.29, 0.717) is 25.9 Å². The molecule has 2 unspecified atom stereocenters. The molecule has 0 rings (SSSR count). The predicted octanol–water partition coefficient (Wildman–Crippen LogP) is 21.9. The summed E-state index contributed by atoms with van der Waals surface area (Å²) in [6.45, 7) is 4.86. The number of hydrogen-bond acceptors (Lipinski definition) is 5. The van der Waals surface area contributed by atoms with E-state index in [0.717, 1.165) is 51.4 Å². The first-order chi connectivity index (χ1) is 37.5. The summed E-state index contributed by atoms with van der Waals surface area (Å²) < 4.78 is 5.42. The van der Waals surface area contributed by atoms with Crippen molar-refractivity contribution in [2.75, 3.05) is 13.2 Å². The van der Waals surface area contributed by atoms with E-state index in [-0.39, 0.29) is 18.5 Å². The lowest BCUT2D eigenvalue weighted by Gasteiger charge is -2.22. The fraction of sp³-hybridized carbons (Fsp3) is 0.886. The van der Waals surface area contributed by atoms with Gasteiger partial charge < -0.3 is 20.3 Å². The Labute approximate surface area is 474 Å². The van der Waals surface area contributed by atoms with Gasteiger partial charge in [0.2, 0.25) is 5.91 Å². The van der Waals surface area contributed by atoms with E-state index < -0.39 is 12.1 Å². The Morgan fingerprint density at radius 1 is 0.368 bits per heavy atom. The van der Waals surface area contributed by atoms with Crippen molar-refractivity contribution in [2.24, 2.45) is 0 Å². The van der Waals surface area contributed by atoms with Gasteiger partial charge in [0.25, 0.3) is 0 Å². The molecular weight excluding hydrogens is 935 g/mol. The lowest BCUT2D eigenvalue weighted by molar-refractivity contribution is -0.143. The van der Waals surface area contributed by atoms with E-state index in [1.807, 2.05) is 0 Å². The molecule has 0 fully saturated rings. The minimum absolute atomic E-state index is 0.0360. The van der Waals surface area contributed by atoms with Crippen LogP contribution in [0.5, 0.6) is 0 Å². The molecule has 0 aromatic carbocycles. The summed E-state index contributed by atoms with van der Waals surface area (Å²) >= 11 is 0. The molecule has 6 nitrogen and oxygen atoms in total. The molecule has 0 bridgehead atoms. The maximum Gasteiger partial charge on any atom is 0.305 e. The van der Waals surface area contributed by atoms with Gasteiger partial charge in [0.15, 0.2) is 0 Å². The van der Waals surface area contributed by atoms with Gasteiger partial charge in [-0.3, -0.25) is 9.59 Å². The second kappa shape index (κ2) is 65.6. The summed E-state index contributed by atoms with van der Waals surface area (Å²) in [6, 6.07) is -0.547. The number of ether oxygens (including phenoxy) is 1. The number of amides is 1. The molecule has 0 aliphatic carbocycles. The minimum atomic E-state index is -0.670. The number of carbonyl (C=O) groups excluding carboxylic acids is 2. The Morgan fingerprint density at radius 2 is 0.658 bits per heavy atom. The molecule has 0 aliphatic rings. The molecule has 0 saturated heterocycles. The van der Waals surface area contributed by atoms with E-state index in [1.54, 1.807) is 0 Å². The molecule has 0 spiro atoms. The van der Waals surface area contributed by atoms with Crippen LogP contribution in [0.1, 0.15) is 373 Å². The smallest absolute Gasteiger partial charge is 0.305 e. The van der Waals surface area contributed by atoms with Gasteiger partial charge >= 0.3 is 5.97 Å². The van der Waals surface area contributed by atoms with Crippen molar-refractivity contribution in [3.05, 3.63) is 36.5 Å². The number of unbranched alkanes of at least 4 members (excludes halogenated alkanes) is 47. The Morgan fingerprint density at radius 3 is 1.01 bits per heavy atom. The van der Waals surface area contributed by atoms with E-state index in [9.17, 15) is 19.8 Å². The third kappa shape index (κ3) is 61.3. The highest BCUT2D eigenvalue weighted by Crippen LogP contribution is 2.18. The first kappa shape index (κ1) is 74.1. The van der Waals surface area contributed by atoms with Crippen LogP contribution < -0.4 is 5.32 Å². The van der Waals surface area contributed by atoms with Crippen LogP contribution in [-0.4, -0.2) is 47.4 Å². The zero-order valence-electron chi connectivity index (χ0n) is 51.3. The molecule has 76 heavy (non-hydrogen) atoms. The number of aliphatic hydroxyl groups is 2. The van der Waals surface area contributed by atoms with E-state index >= 15 is 0 Å². The minimum Gasteiger partial charge on any atom is -0.465 e. The average molecular weight is 1070 g/mol. The number of rotatable bonds is 64. The Hall–Kier alpha value is -1.92. The number of aliphatic hydroxyl groups excluding tert-OH is 2. The molecule has 448 valence electrons. The van der Waals surface area contributed by atoms with Crippen molar-refractivity contribution >= 4 is 11.9 Å². The summed E-state index contributed by atoms with van der Waals surface area (Å²) in [5, 5.41) is 23.4. The fourth-order valence-corrected chi connectivity index (χ4v) is 10.7. The van der Waals surface area contributed by atoms with Gasteiger partial charge in [-0.25, -0.2) is 0 Å². The molecule has 0 aliphatic heterocycles. The van der Waals surface area contributed by atoms with Crippen molar-refractivity contribution in [3.8, 4) is 0 Å². The van der Waals surface area contributed by atoms with Gasteiger partial charge in [0.1, 0.15) is 0 Å². The normalized spacial score (nSPS) is 12.7. The van der Waals surface area contributed by atoms with E-state index in [4.69, 9.17) is 4.74 Å². The van der Waals surface area contributed by atoms with Crippen LogP contribution in [0.15, 0.2) is 36.5 Å². The second-order valence-corrected chi connectivity index (χ2v) is 23.5. The summed E-state index contributed by atoms with van der Waals surface area (Å²) in [5.41, 5.74) is 0. The highest BCUT2D eigenvalue weighted by atomic mass is 16.5. The zero-order chi connectivity index (χ0) is 55.0. The second-order valence-electron chi connectivity index (χ2n) is 23.5. The molecule has 0 saturated carbocycles. The standard InChI is InChI=1S/C70H133NO5/c1-3-5-7-9-11-13-15-17-19-20-21-22-23-25-28-31-35-38-42-46-50-54-58-62-68(73)67(66-72)71-69(74)63-59-55-51-47-43-39-36-32-29-26-24-27-30-33-37-41-45-49-53-57-61-65-76-70(75)64-60-56-52-48-44-40-34-18-16-14-12-10-8-6-4-2/h18,34,41,45,53,57,67-68,72-73H,3-17,19-33,35-40,42-44,46-52,54-56,58-66H2,1-2H3,(H,71,74)/b34-18-,45-41-,57-53-. The van der Waals surface area contributed by atoms with Gasteiger partial charge in [-0.15, -0.1) is 0 Å². The number of nitrogens with one attached hydrogen (secondary N) is 1. The first-order valence-electron chi connectivity index (χ1n) is 34.2. The fourth-order valence-electron chi connectivity index (χ4n) is 10.7. The molecule has 6 heteroatoms.